The van der Waals surface area contributed by atoms with Crippen molar-refractivity contribution in [1.82, 2.24) is 20.1 Å². The molecule has 3 heterocycles. The van der Waals surface area contributed by atoms with Gasteiger partial charge in [-0.1, -0.05) is 6.07 Å². The number of rotatable bonds is 2. The molecular weight excluding hydrogens is 404 g/mol. The molecular formula is C19H22Cl2FN5O. The molecule has 0 spiro atoms. The van der Waals surface area contributed by atoms with Crippen molar-refractivity contribution in [2.75, 3.05) is 11.9 Å². The molecule has 1 aliphatic heterocycles. The van der Waals surface area contributed by atoms with Gasteiger partial charge >= 0.3 is 0 Å². The third-order valence-electron chi connectivity index (χ3n) is 4.80. The summed E-state index contributed by atoms with van der Waals surface area (Å²) in [5.74, 6) is -0.702. The van der Waals surface area contributed by atoms with Crippen molar-refractivity contribution >= 4 is 47.4 Å². The molecule has 2 N–H and O–H groups in total. The van der Waals surface area contributed by atoms with Gasteiger partial charge in [0.2, 0.25) is 0 Å². The lowest BCUT2D eigenvalue weighted by molar-refractivity contribution is 0.102. The summed E-state index contributed by atoms with van der Waals surface area (Å²) in [5, 5.41) is 11.0. The predicted octanol–water partition coefficient (Wildman–Crippen LogP) is 3.47. The topological polar surface area (TPSA) is 71.8 Å². The van der Waals surface area contributed by atoms with Crippen LogP contribution in [0.1, 0.15) is 32.9 Å². The number of aromatic nitrogens is 3. The van der Waals surface area contributed by atoms with E-state index in [0.29, 0.717) is 40.8 Å². The average molecular weight is 426 g/mol. The van der Waals surface area contributed by atoms with Gasteiger partial charge in [0.1, 0.15) is 5.82 Å². The van der Waals surface area contributed by atoms with Crippen molar-refractivity contribution in [2.24, 2.45) is 7.05 Å². The van der Waals surface area contributed by atoms with Gasteiger partial charge in [-0.2, -0.15) is 5.10 Å². The van der Waals surface area contributed by atoms with E-state index in [1.807, 2.05) is 19.9 Å². The number of fused-ring (bicyclic) bond motifs is 2. The number of anilines is 1. The van der Waals surface area contributed by atoms with E-state index in [1.54, 1.807) is 23.9 Å². The lowest BCUT2D eigenvalue weighted by Gasteiger charge is -2.19. The zero-order chi connectivity index (χ0) is 18.4. The molecule has 0 saturated carbocycles. The summed E-state index contributed by atoms with van der Waals surface area (Å²) < 4.78 is 16.5. The van der Waals surface area contributed by atoms with E-state index in [4.69, 9.17) is 0 Å². The quantitative estimate of drug-likeness (QED) is 0.659. The molecule has 6 nitrogen and oxygen atoms in total. The molecule has 9 heteroatoms. The van der Waals surface area contributed by atoms with Crippen LogP contribution in [-0.4, -0.2) is 27.2 Å². The fourth-order valence-electron chi connectivity index (χ4n) is 3.57. The lowest BCUT2D eigenvalue weighted by atomic mass is 9.99. The van der Waals surface area contributed by atoms with Gasteiger partial charge in [0.25, 0.3) is 5.91 Å². The highest BCUT2D eigenvalue weighted by Gasteiger charge is 2.21. The fraction of sp³-hybridized carbons (Fsp3) is 0.316. The van der Waals surface area contributed by atoms with Gasteiger partial charge in [-0.05, 0) is 50.1 Å². The van der Waals surface area contributed by atoms with Crippen molar-refractivity contribution in [1.29, 1.82) is 0 Å². The fourth-order valence-corrected chi connectivity index (χ4v) is 3.57. The zero-order valence-electron chi connectivity index (χ0n) is 15.8. The van der Waals surface area contributed by atoms with Crippen LogP contribution in [0.2, 0.25) is 0 Å². The summed E-state index contributed by atoms with van der Waals surface area (Å²) in [7, 11) is 1.79. The molecule has 0 unspecified atom stereocenters. The van der Waals surface area contributed by atoms with Crippen molar-refractivity contribution in [2.45, 2.75) is 26.8 Å². The molecule has 0 atom stereocenters. The Labute approximate surface area is 174 Å². The highest BCUT2D eigenvalue weighted by molar-refractivity contribution is 6.12. The summed E-state index contributed by atoms with van der Waals surface area (Å²) in [4.78, 5) is 17.4. The first kappa shape index (κ1) is 22.1. The van der Waals surface area contributed by atoms with Gasteiger partial charge in [-0.15, -0.1) is 24.8 Å². The summed E-state index contributed by atoms with van der Waals surface area (Å²) >= 11 is 0. The Bertz CT molecular complexity index is 1050. The van der Waals surface area contributed by atoms with E-state index >= 15 is 0 Å². The number of aryl methyl sites for hydroxylation is 3. The minimum absolute atomic E-state index is 0. The summed E-state index contributed by atoms with van der Waals surface area (Å²) in [6, 6.07) is 5.20. The number of nitrogens with zero attached hydrogens (tertiary/aromatic N) is 3. The van der Waals surface area contributed by atoms with Crippen LogP contribution in [0, 0.1) is 19.7 Å². The van der Waals surface area contributed by atoms with E-state index in [2.05, 4.69) is 20.7 Å². The molecule has 2 aromatic heterocycles. The molecule has 1 aliphatic rings. The van der Waals surface area contributed by atoms with Crippen LogP contribution >= 0.6 is 24.8 Å². The SMILES string of the molecule is Cc1cc(C(=O)Nc2ccc3c(c2F)CCNC3)c2c(C)nn(C)c2n1.Cl.Cl. The van der Waals surface area contributed by atoms with Crippen LogP contribution in [0.5, 0.6) is 0 Å². The van der Waals surface area contributed by atoms with Crippen molar-refractivity contribution < 1.29 is 9.18 Å². The minimum atomic E-state index is -0.357. The normalized spacial score (nSPS) is 12.7. The molecule has 1 amide bonds. The van der Waals surface area contributed by atoms with Gasteiger partial charge in [-0.3, -0.25) is 9.48 Å². The van der Waals surface area contributed by atoms with Gasteiger partial charge < -0.3 is 10.6 Å². The molecule has 0 bridgehead atoms. The number of hydrogen-bond acceptors (Lipinski definition) is 4. The van der Waals surface area contributed by atoms with E-state index in [0.717, 1.165) is 17.8 Å². The maximum atomic E-state index is 14.8. The van der Waals surface area contributed by atoms with Crippen LogP contribution in [0.4, 0.5) is 10.1 Å². The molecule has 4 rings (SSSR count). The number of hydrogen-bond donors (Lipinski definition) is 2. The second-order valence-corrected chi connectivity index (χ2v) is 6.66. The molecule has 150 valence electrons. The standard InChI is InChI=1S/C19H20FN5O.2ClH/c1-10-8-14(16-11(2)24-25(3)18(16)22-10)19(26)23-15-5-4-12-9-21-7-6-13(12)17(15)20;;/h4-5,8,21H,6-7,9H2,1-3H3,(H,23,26);2*1H. The molecule has 0 saturated heterocycles. The van der Waals surface area contributed by atoms with Crippen LogP contribution in [0.3, 0.4) is 0 Å². The molecule has 0 fully saturated rings. The van der Waals surface area contributed by atoms with E-state index in [-0.39, 0.29) is 42.2 Å². The molecule has 1 aromatic carbocycles. The largest absolute Gasteiger partial charge is 0.319 e. The average Bonchev–Trinajstić information content (AvgIpc) is 2.91. The molecule has 28 heavy (non-hydrogen) atoms. The molecule has 0 radical (unpaired) electrons. The van der Waals surface area contributed by atoms with Crippen LogP contribution in [0.15, 0.2) is 18.2 Å². The highest BCUT2D eigenvalue weighted by atomic mass is 35.5. The summed E-state index contributed by atoms with van der Waals surface area (Å²) in [6.45, 7) is 5.05. The van der Waals surface area contributed by atoms with Gasteiger partial charge in [0.15, 0.2) is 5.65 Å². The zero-order valence-corrected chi connectivity index (χ0v) is 17.4. The summed E-state index contributed by atoms with van der Waals surface area (Å²) in [5.41, 5.74) is 4.35. The van der Waals surface area contributed by atoms with E-state index < -0.39 is 0 Å². The first-order valence-corrected chi connectivity index (χ1v) is 8.59. The maximum absolute atomic E-state index is 14.8. The smallest absolute Gasteiger partial charge is 0.256 e. The van der Waals surface area contributed by atoms with Crippen LogP contribution in [0.25, 0.3) is 11.0 Å². The highest BCUT2D eigenvalue weighted by Crippen LogP contribution is 2.27. The molecule has 3 aromatic rings. The first-order chi connectivity index (χ1) is 12.5. The minimum Gasteiger partial charge on any atom is -0.319 e. The molecule has 0 aliphatic carbocycles. The third kappa shape index (κ3) is 3.70. The van der Waals surface area contributed by atoms with Gasteiger partial charge in [0.05, 0.1) is 22.3 Å². The lowest BCUT2D eigenvalue weighted by Crippen LogP contribution is -2.25. The van der Waals surface area contributed by atoms with Crippen molar-refractivity contribution in [3.63, 3.8) is 0 Å². The Balaban J connectivity index is 0.00000140. The van der Waals surface area contributed by atoms with Crippen molar-refractivity contribution in [3.8, 4) is 0 Å². The van der Waals surface area contributed by atoms with E-state index in [1.165, 1.54) is 0 Å². The van der Waals surface area contributed by atoms with Crippen molar-refractivity contribution in [3.05, 3.63) is 52.1 Å². The summed E-state index contributed by atoms with van der Waals surface area (Å²) in [6.07, 6.45) is 0.616. The Morgan fingerprint density at radius 2 is 2.04 bits per heavy atom. The number of halogens is 3. The number of carbonyl (C=O) groups excluding carboxylic acids is 1. The number of nitrogens with one attached hydrogen (secondary N) is 2. The van der Waals surface area contributed by atoms with Crippen LogP contribution in [-0.2, 0) is 20.0 Å². The van der Waals surface area contributed by atoms with Gasteiger partial charge in [-0.25, -0.2) is 9.37 Å². The van der Waals surface area contributed by atoms with E-state index in [9.17, 15) is 9.18 Å². The number of amides is 1. The second kappa shape index (κ2) is 8.43. The second-order valence-electron chi connectivity index (χ2n) is 6.66. The Morgan fingerprint density at radius 3 is 2.79 bits per heavy atom. The van der Waals surface area contributed by atoms with Gasteiger partial charge in [0, 0.05) is 19.3 Å². The monoisotopic (exact) mass is 425 g/mol. The number of pyridine rings is 1. The van der Waals surface area contributed by atoms with Crippen LogP contribution < -0.4 is 10.6 Å². The Morgan fingerprint density at radius 1 is 1.29 bits per heavy atom. The number of benzene rings is 1. The predicted molar refractivity (Wildman–Crippen MR) is 112 cm³/mol. The first-order valence-electron chi connectivity index (χ1n) is 8.59. The third-order valence-corrected chi connectivity index (χ3v) is 4.80. The Kier molecular flexibility index (Phi) is 6.64. The number of carbonyl (C=O) groups is 1. The Hall–Kier alpha value is -2.22. The maximum Gasteiger partial charge on any atom is 0.256 e.